The summed E-state index contributed by atoms with van der Waals surface area (Å²) in [4.78, 5) is 0. The second-order valence-electron chi connectivity index (χ2n) is 35.5. The van der Waals surface area contributed by atoms with Gasteiger partial charge in [-0.05, 0) is 278 Å². The van der Waals surface area contributed by atoms with Gasteiger partial charge < -0.3 is 0 Å². The number of rotatable bonds is 6. The highest BCUT2D eigenvalue weighted by Gasteiger charge is 2.41. The fourth-order valence-corrected chi connectivity index (χ4v) is 21.0. The molecule has 85 heavy (non-hydrogen) atoms. The van der Waals surface area contributed by atoms with Crippen LogP contribution >= 0.6 is 0 Å². The van der Waals surface area contributed by atoms with E-state index in [9.17, 15) is 0 Å². The van der Waals surface area contributed by atoms with Crippen molar-refractivity contribution in [2.24, 2.45) is 85.8 Å². The van der Waals surface area contributed by atoms with Crippen LogP contribution in [0.1, 0.15) is 404 Å². The van der Waals surface area contributed by atoms with E-state index in [1.54, 1.807) is 68.1 Å². The molecule has 0 nitrogen and oxygen atoms in total. The normalized spacial score (nSPS) is 29.7. The van der Waals surface area contributed by atoms with E-state index in [-0.39, 0.29) is 0 Å². The maximum absolute atomic E-state index is 2.68. The Kier molecular flexibility index (Phi) is 29.5. The molecule has 3 atom stereocenters. The molecule has 0 bridgehead atoms. The van der Waals surface area contributed by atoms with Gasteiger partial charge in [-0.2, -0.15) is 0 Å². The van der Waals surface area contributed by atoms with Crippen LogP contribution in [-0.2, 0) is 0 Å². The molecule has 12 rings (SSSR count). The van der Waals surface area contributed by atoms with E-state index in [0.29, 0.717) is 10.8 Å². The lowest BCUT2D eigenvalue weighted by atomic mass is 9.63. The van der Waals surface area contributed by atoms with Crippen LogP contribution in [0.3, 0.4) is 0 Å². The summed E-state index contributed by atoms with van der Waals surface area (Å²) in [5.41, 5.74) is 9.63. The Morgan fingerprint density at radius 3 is 1.13 bits per heavy atom. The summed E-state index contributed by atoms with van der Waals surface area (Å²) >= 11 is 0. The van der Waals surface area contributed by atoms with Gasteiger partial charge in [0.15, 0.2) is 0 Å². The lowest BCUT2D eigenvalue weighted by Gasteiger charge is -2.42. The van der Waals surface area contributed by atoms with Crippen LogP contribution in [-0.4, -0.2) is 0 Å². The largest absolute Gasteiger partial charge is 0.0880 e. The van der Waals surface area contributed by atoms with Crippen LogP contribution in [0.15, 0.2) is 47.1 Å². The van der Waals surface area contributed by atoms with Crippen molar-refractivity contribution in [3.05, 3.63) is 47.1 Å². The quantitative estimate of drug-likeness (QED) is 0.233. The van der Waals surface area contributed by atoms with Crippen LogP contribution in [0.4, 0.5) is 0 Å². The molecular formula is C85H150. The van der Waals surface area contributed by atoms with Crippen LogP contribution in [0.2, 0.25) is 0 Å². The summed E-state index contributed by atoms with van der Waals surface area (Å²) < 4.78 is 0. The van der Waals surface area contributed by atoms with Crippen LogP contribution in [0.25, 0.3) is 0 Å². The summed E-state index contributed by atoms with van der Waals surface area (Å²) in [6.07, 6.45) is 87.1. The topological polar surface area (TPSA) is 0 Å². The van der Waals surface area contributed by atoms with Gasteiger partial charge in [-0.25, -0.2) is 0 Å². The maximum atomic E-state index is 2.68. The first-order valence-corrected chi connectivity index (χ1v) is 39.6. The summed E-state index contributed by atoms with van der Waals surface area (Å²) in [5.74, 6) is 8.18. The van der Waals surface area contributed by atoms with E-state index < -0.39 is 0 Å². The smallest absolute Gasteiger partial charge is 0.0115 e. The molecule has 8 fully saturated rings. The van der Waals surface area contributed by atoms with Crippen molar-refractivity contribution in [2.75, 3.05) is 0 Å². The van der Waals surface area contributed by atoms with Crippen molar-refractivity contribution in [3.63, 3.8) is 0 Å². The van der Waals surface area contributed by atoms with Gasteiger partial charge in [0.05, 0.1) is 0 Å². The SMILES string of the molecule is CC(C)C1=CC2(CCCCC2)CCC1.CC(C)C1=CCCC2(CCCCC2)C1.CC(C)C1=CCCC2(CCCCCC2)C1.CC(C)C1CCC2(CCCC2)CC1.CC(C)C1CCCC2(C=CCCC2)C1.CC(C)C1CCCC2(CCCCCC2)C1. The lowest BCUT2D eigenvalue weighted by Crippen LogP contribution is -2.30. The van der Waals surface area contributed by atoms with Crippen LogP contribution in [0, 0.1) is 85.8 Å². The minimum Gasteiger partial charge on any atom is -0.0880 e. The third-order valence-corrected chi connectivity index (χ3v) is 27.3. The van der Waals surface area contributed by atoms with Crippen molar-refractivity contribution in [3.8, 4) is 0 Å². The first-order chi connectivity index (χ1) is 40.8. The second-order valence-corrected chi connectivity index (χ2v) is 35.5. The van der Waals surface area contributed by atoms with Gasteiger partial charge in [0.2, 0.25) is 0 Å². The van der Waals surface area contributed by atoms with Gasteiger partial charge in [-0.15, -0.1) is 0 Å². The van der Waals surface area contributed by atoms with E-state index in [1.807, 2.05) is 0 Å². The third kappa shape index (κ3) is 22.4. The molecule has 0 heteroatoms. The molecule has 0 amide bonds. The van der Waals surface area contributed by atoms with E-state index >= 15 is 0 Å². The summed E-state index contributed by atoms with van der Waals surface area (Å²) in [7, 11) is 0. The van der Waals surface area contributed by atoms with Crippen molar-refractivity contribution in [2.45, 2.75) is 404 Å². The summed E-state index contributed by atoms with van der Waals surface area (Å²) in [6.45, 7) is 28.6. The fourth-order valence-electron chi connectivity index (χ4n) is 21.0. The molecule has 490 valence electrons. The molecule has 6 spiro atoms. The van der Waals surface area contributed by atoms with Crippen LogP contribution < -0.4 is 0 Å². The molecule has 0 aromatic rings. The number of hydrogen-bond donors (Lipinski definition) is 0. The van der Waals surface area contributed by atoms with Gasteiger partial charge in [0, 0.05) is 0 Å². The minimum atomic E-state index is 0.630. The molecule has 0 aromatic carbocycles. The molecule has 0 heterocycles. The highest BCUT2D eigenvalue weighted by Crippen LogP contribution is 2.54. The highest BCUT2D eigenvalue weighted by atomic mass is 14.5. The predicted molar refractivity (Wildman–Crippen MR) is 378 cm³/mol. The van der Waals surface area contributed by atoms with Gasteiger partial charge >= 0.3 is 0 Å². The molecule has 0 saturated heterocycles. The Labute approximate surface area is 534 Å². The lowest BCUT2D eigenvalue weighted by molar-refractivity contribution is 0.0938. The maximum Gasteiger partial charge on any atom is -0.0115 e. The average molecular weight is 1170 g/mol. The number of allylic oxidation sites excluding steroid dienone is 8. The molecule has 12 aliphatic carbocycles. The summed E-state index contributed by atoms with van der Waals surface area (Å²) in [5, 5.41) is 0. The van der Waals surface area contributed by atoms with Gasteiger partial charge in [0.1, 0.15) is 0 Å². The molecule has 0 aliphatic heterocycles. The molecule has 12 aliphatic rings. The zero-order chi connectivity index (χ0) is 60.8. The van der Waals surface area contributed by atoms with E-state index in [4.69, 9.17) is 0 Å². The van der Waals surface area contributed by atoms with Crippen molar-refractivity contribution in [1.82, 2.24) is 0 Å². The predicted octanol–water partition coefficient (Wildman–Crippen LogP) is 28.6. The molecule has 0 N–H and O–H groups in total. The first kappa shape index (κ1) is 71.4. The Morgan fingerprint density at radius 1 is 0.294 bits per heavy atom. The van der Waals surface area contributed by atoms with Crippen molar-refractivity contribution >= 4 is 0 Å². The third-order valence-electron chi connectivity index (χ3n) is 27.3. The van der Waals surface area contributed by atoms with Gasteiger partial charge in [-0.3, -0.25) is 0 Å². The second kappa shape index (κ2) is 35.1. The zero-order valence-corrected chi connectivity index (χ0v) is 59.9. The molecule has 0 aromatic heterocycles. The molecule has 8 saturated carbocycles. The monoisotopic (exact) mass is 1170 g/mol. The van der Waals surface area contributed by atoms with Gasteiger partial charge in [-0.1, -0.05) is 259 Å². The Morgan fingerprint density at radius 2 is 0.671 bits per heavy atom. The van der Waals surface area contributed by atoms with Crippen LogP contribution in [0.5, 0.6) is 0 Å². The first-order valence-electron chi connectivity index (χ1n) is 39.6. The minimum absolute atomic E-state index is 0.630. The average Bonchev–Trinajstić information content (AvgIpc) is 3.68. The summed E-state index contributed by atoms with van der Waals surface area (Å²) in [6, 6.07) is 0. The van der Waals surface area contributed by atoms with Gasteiger partial charge in [0.25, 0.3) is 0 Å². The number of hydrogen-bond acceptors (Lipinski definition) is 0. The Bertz CT molecular complexity index is 1940. The Hall–Kier alpha value is -1.04. The highest BCUT2D eigenvalue weighted by molar-refractivity contribution is 5.17. The standard InChI is InChI=1S/C15H28.C15H26.3C14H24.C13H24/c2*1-13(2)14-8-7-11-15(12-14)9-5-3-4-6-10-15;3*1-12(2)13-7-6-10-14(11-13)8-4-3-5-9-14;1-11(2)12-5-9-13(10-6-12)7-3-4-8-13/h13-14H,3-12H2,1-2H3;8,13H,3-7,9-12H2,1-2H3;11-12H,3-10H2,1-2H3;7,12H,3-6,8-11H2,1-2H3;4,8,12-13H,3,5-7,9-11H2,1-2H3;11-12H,3-10H2,1-2H3. The molecule has 3 unspecified atom stereocenters. The molecular weight excluding hydrogens is 1020 g/mol. The van der Waals surface area contributed by atoms with Crippen molar-refractivity contribution < 1.29 is 0 Å². The zero-order valence-electron chi connectivity index (χ0n) is 59.9. The Balaban J connectivity index is 0.000000146. The van der Waals surface area contributed by atoms with E-state index in [2.05, 4.69) is 113 Å². The van der Waals surface area contributed by atoms with E-state index in [1.165, 1.54) is 270 Å². The molecule has 0 radical (unpaired) electrons. The van der Waals surface area contributed by atoms with E-state index in [0.717, 1.165) is 74.9 Å². The fraction of sp³-hybridized carbons (Fsp3) is 0.906. The van der Waals surface area contributed by atoms with Crippen molar-refractivity contribution in [1.29, 1.82) is 0 Å².